The van der Waals surface area contributed by atoms with Crippen molar-refractivity contribution in [2.45, 2.75) is 6.42 Å². The van der Waals surface area contributed by atoms with Gasteiger partial charge < -0.3 is 10.6 Å². The van der Waals surface area contributed by atoms with Crippen LogP contribution >= 0.6 is 0 Å². The van der Waals surface area contributed by atoms with Crippen molar-refractivity contribution in [3.05, 3.63) is 59.9 Å². The zero-order chi connectivity index (χ0) is 16.2. The number of carbonyl (C=O) groups is 2. The van der Waals surface area contributed by atoms with Gasteiger partial charge in [-0.3, -0.25) is 9.69 Å². The lowest BCUT2D eigenvalue weighted by atomic mass is 10.1. The first kappa shape index (κ1) is 15.0. The fraction of sp³-hybridized carbons (Fsp3) is 0.176. The number of benzene rings is 2. The number of amides is 3. The van der Waals surface area contributed by atoms with Crippen molar-refractivity contribution in [2.24, 2.45) is 0 Å². The molecule has 2 N–H and O–H groups in total. The molecule has 0 radical (unpaired) electrons. The van der Waals surface area contributed by atoms with Gasteiger partial charge in [-0.05, 0) is 35.9 Å². The molecule has 0 bridgehead atoms. The average Bonchev–Trinajstić information content (AvgIpc) is 2.96. The van der Waals surface area contributed by atoms with Crippen molar-refractivity contribution in [1.29, 1.82) is 0 Å². The molecular formula is C17H16FN3O2. The Balaban J connectivity index is 1.66. The topological polar surface area (TPSA) is 61.4 Å². The van der Waals surface area contributed by atoms with Crippen molar-refractivity contribution in [3.8, 4) is 0 Å². The first-order valence-corrected chi connectivity index (χ1v) is 7.31. The van der Waals surface area contributed by atoms with Gasteiger partial charge in [0.25, 0.3) is 0 Å². The highest BCUT2D eigenvalue weighted by molar-refractivity contribution is 5.96. The molecule has 118 valence electrons. The third kappa shape index (κ3) is 3.66. The normalized spacial score (nSPS) is 13.8. The van der Waals surface area contributed by atoms with Crippen LogP contribution in [0, 0.1) is 5.82 Å². The van der Waals surface area contributed by atoms with E-state index in [4.69, 9.17) is 0 Å². The number of anilines is 2. The molecule has 0 spiro atoms. The van der Waals surface area contributed by atoms with Gasteiger partial charge in [0, 0.05) is 24.5 Å². The Morgan fingerprint density at radius 1 is 1.22 bits per heavy atom. The lowest BCUT2D eigenvalue weighted by Gasteiger charge is -2.15. The fourth-order valence-electron chi connectivity index (χ4n) is 2.46. The molecule has 3 rings (SSSR count). The van der Waals surface area contributed by atoms with E-state index in [2.05, 4.69) is 10.6 Å². The number of rotatable bonds is 4. The molecule has 0 saturated carbocycles. The second kappa shape index (κ2) is 6.48. The number of nitrogens with one attached hydrogen (secondary N) is 2. The minimum atomic E-state index is -0.328. The molecule has 2 aromatic carbocycles. The molecule has 0 unspecified atom stereocenters. The highest BCUT2D eigenvalue weighted by Gasteiger charge is 2.21. The van der Waals surface area contributed by atoms with Gasteiger partial charge in [0.15, 0.2) is 0 Å². The maximum absolute atomic E-state index is 12.9. The van der Waals surface area contributed by atoms with Crippen LogP contribution in [0.15, 0.2) is 48.5 Å². The van der Waals surface area contributed by atoms with Crippen LogP contribution in [0.3, 0.4) is 0 Å². The SMILES string of the molecule is O=C(Cc1ccc(F)cc1)Nc1cccc(N2CCNC2=O)c1. The van der Waals surface area contributed by atoms with E-state index in [0.717, 1.165) is 11.3 Å². The summed E-state index contributed by atoms with van der Waals surface area (Å²) in [6.45, 7) is 1.21. The van der Waals surface area contributed by atoms with E-state index >= 15 is 0 Å². The molecule has 23 heavy (non-hydrogen) atoms. The maximum atomic E-state index is 12.9. The van der Waals surface area contributed by atoms with Crippen LogP contribution in [0.2, 0.25) is 0 Å². The highest BCUT2D eigenvalue weighted by atomic mass is 19.1. The maximum Gasteiger partial charge on any atom is 0.321 e. The second-order valence-corrected chi connectivity index (χ2v) is 5.29. The van der Waals surface area contributed by atoms with E-state index in [-0.39, 0.29) is 24.2 Å². The number of hydrogen-bond acceptors (Lipinski definition) is 2. The summed E-state index contributed by atoms with van der Waals surface area (Å²) >= 11 is 0. The van der Waals surface area contributed by atoms with Gasteiger partial charge in [-0.15, -0.1) is 0 Å². The summed E-state index contributed by atoms with van der Waals surface area (Å²) in [7, 11) is 0. The first-order chi connectivity index (χ1) is 11.1. The molecule has 0 atom stereocenters. The number of halogens is 1. The van der Waals surface area contributed by atoms with E-state index in [1.807, 2.05) is 6.07 Å². The summed E-state index contributed by atoms with van der Waals surface area (Å²) in [4.78, 5) is 25.4. The fourth-order valence-corrected chi connectivity index (χ4v) is 2.46. The van der Waals surface area contributed by atoms with Crippen molar-refractivity contribution >= 4 is 23.3 Å². The quantitative estimate of drug-likeness (QED) is 0.911. The summed E-state index contributed by atoms with van der Waals surface area (Å²) in [5, 5.41) is 5.53. The molecule has 1 aliphatic rings. The van der Waals surface area contributed by atoms with Crippen LogP contribution in [0.1, 0.15) is 5.56 Å². The number of hydrogen-bond donors (Lipinski definition) is 2. The lowest BCUT2D eigenvalue weighted by molar-refractivity contribution is -0.115. The van der Waals surface area contributed by atoms with Gasteiger partial charge in [-0.25, -0.2) is 9.18 Å². The molecule has 0 aromatic heterocycles. The largest absolute Gasteiger partial charge is 0.336 e. The number of carbonyl (C=O) groups excluding carboxylic acids is 2. The minimum absolute atomic E-state index is 0.139. The molecule has 1 heterocycles. The zero-order valence-corrected chi connectivity index (χ0v) is 12.4. The Labute approximate surface area is 133 Å². The Bertz CT molecular complexity index is 731. The lowest BCUT2D eigenvalue weighted by Crippen LogP contribution is -2.27. The van der Waals surface area contributed by atoms with Crippen molar-refractivity contribution < 1.29 is 14.0 Å². The standard InChI is InChI=1S/C17H16FN3O2/c18-13-6-4-12(5-7-13)10-16(22)20-14-2-1-3-15(11-14)21-9-8-19-17(21)23/h1-7,11H,8-10H2,(H,19,23)(H,20,22). The highest BCUT2D eigenvalue weighted by Crippen LogP contribution is 2.21. The Morgan fingerprint density at radius 2 is 2.00 bits per heavy atom. The number of urea groups is 1. The van der Waals surface area contributed by atoms with E-state index in [1.54, 1.807) is 35.2 Å². The Hall–Kier alpha value is -2.89. The smallest absolute Gasteiger partial charge is 0.321 e. The monoisotopic (exact) mass is 313 g/mol. The van der Waals surface area contributed by atoms with Crippen LogP contribution in [-0.4, -0.2) is 25.0 Å². The molecule has 1 fully saturated rings. The summed E-state index contributed by atoms with van der Waals surface area (Å²) in [5.41, 5.74) is 2.09. The van der Waals surface area contributed by atoms with E-state index in [1.165, 1.54) is 12.1 Å². The predicted octanol–water partition coefficient (Wildman–Crippen LogP) is 2.54. The van der Waals surface area contributed by atoms with Gasteiger partial charge in [-0.2, -0.15) is 0 Å². The first-order valence-electron chi connectivity index (χ1n) is 7.31. The molecule has 3 amide bonds. The summed E-state index contributed by atoms with van der Waals surface area (Å²) < 4.78 is 12.9. The summed E-state index contributed by atoms with van der Waals surface area (Å²) in [5.74, 6) is -0.523. The predicted molar refractivity (Wildman–Crippen MR) is 85.9 cm³/mol. The Kier molecular flexibility index (Phi) is 4.23. The third-order valence-corrected chi connectivity index (χ3v) is 3.58. The van der Waals surface area contributed by atoms with E-state index in [0.29, 0.717) is 18.8 Å². The van der Waals surface area contributed by atoms with Crippen LogP contribution in [-0.2, 0) is 11.2 Å². The summed E-state index contributed by atoms with van der Waals surface area (Å²) in [6, 6.07) is 12.8. The van der Waals surface area contributed by atoms with Crippen LogP contribution in [0.5, 0.6) is 0 Å². The molecule has 2 aromatic rings. The Morgan fingerprint density at radius 3 is 2.70 bits per heavy atom. The van der Waals surface area contributed by atoms with Gasteiger partial charge in [-0.1, -0.05) is 18.2 Å². The zero-order valence-electron chi connectivity index (χ0n) is 12.4. The van der Waals surface area contributed by atoms with E-state index < -0.39 is 0 Å². The van der Waals surface area contributed by atoms with Gasteiger partial charge in [0.2, 0.25) is 5.91 Å². The third-order valence-electron chi connectivity index (χ3n) is 3.58. The molecule has 1 saturated heterocycles. The average molecular weight is 313 g/mol. The molecule has 0 aliphatic carbocycles. The van der Waals surface area contributed by atoms with E-state index in [9.17, 15) is 14.0 Å². The van der Waals surface area contributed by atoms with Crippen molar-refractivity contribution in [3.63, 3.8) is 0 Å². The number of nitrogens with zero attached hydrogens (tertiary/aromatic N) is 1. The van der Waals surface area contributed by atoms with Gasteiger partial charge in [0.05, 0.1) is 6.42 Å². The van der Waals surface area contributed by atoms with Crippen molar-refractivity contribution in [2.75, 3.05) is 23.3 Å². The van der Waals surface area contributed by atoms with Crippen molar-refractivity contribution in [1.82, 2.24) is 5.32 Å². The molecule has 5 nitrogen and oxygen atoms in total. The van der Waals surface area contributed by atoms with Crippen LogP contribution in [0.25, 0.3) is 0 Å². The minimum Gasteiger partial charge on any atom is -0.336 e. The molecule has 6 heteroatoms. The molecular weight excluding hydrogens is 297 g/mol. The van der Waals surface area contributed by atoms with Crippen LogP contribution < -0.4 is 15.5 Å². The summed E-state index contributed by atoms with van der Waals surface area (Å²) in [6.07, 6.45) is 0.161. The second-order valence-electron chi connectivity index (χ2n) is 5.29. The van der Waals surface area contributed by atoms with Gasteiger partial charge in [0.1, 0.15) is 5.82 Å². The van der Waals surface area contributed by atoms with Crippen LogP contribution in [0.4, 0.5) is 20.6 Å². The van der Waals surface area contributed by atoms with Gasteiger partial charge >= 0.3 is 6.03 Å². The molecule has 1 aliphatic heterocycles.